The number of hydrogen-bond donors (Lipinski definition) is 2. The molecule has 0 saturated carbocycles. The van der Waals surface area contributed by atoms with E-state index in [1.165, 1.54) is 22.3 Å². The molecule has 0 spiro atoms. The summed E-state index contributed by atoms with van der Waals surface area (Å²) < 4.78 is 15.6. The van der Waals surface area contributed by atoms with Crippen LogP contribution < -0.4 is 25.7 Å². The summed E-state index contributed by atoms with van der Waals surface area (Å²) >= 11 is 0. The second kappa shape index (κ2) is 7.98. The van der Waals surface area contributed by atoms with Gasteiger partial charge in [-0.1, -0.05) is 6.07 Å². The third-order valence-corrected chi connectivity index (χ3v) is 5.05. The van der Waals surface area contributed by atoms with Crippen molar-refractivity contribution in [3.63, 3.8) is 0 Å². The maximum Gasteiger partial charge on any atom is 0.161 e. The van der Waals surface area contributed by atoms with Crippen LogP contribution in [0.15, 0.2) is 30.3 Å². The van der Waals surface area contributed by atoms with Crippen molar-refractivity contribution in [2.24, 2.45) is 11.5 Å². The zero-order valence-electron chi connectivity index (χ0n) is 15.7. The summed E-state index contributed by atoms with van der Waals surface area (Å²) in [6, 6.07) is 10.8. The molecule has 5 heteroatoms. The lowest BCUT2D eigenvalue weighted by Gasteiger charge is -2.09. The number of rotatable bonds is 3. The third-order valence-electron chi connectivity index (χ3n) is 5.05. The maximum absolute atomic E-state index is 5.89. The lowest BCUT2D eigenvalue weighted by molar-refractivity contribution is 0.354. The normalized spacial score (nSPS) is 17.8. The van der Waals surface area contributed by atoms with Crippen LogP contribution in [0.25, 0.3) is 0 Å². The molecule has 26 heavy (non-hydrogen) atoms. The zero-order chi connectivity index (χ0) is 18.7. The number of nitrogens with two attached hydrogens (primary N) is 2. The van der Waals surface area contributed by atoms with E-state index in [4.69, 9.17) is 25.7 Å². The molecule has 1 unspecified atom stereocenters. The number of methoxy groups -OCH3 is 3. The molecule has 0 amide bonds. The fourth-order valence-electron chi connectivity index (χ4n) is 3.74. The Kier molecular flexibility index (Phi) is 5.69. The van der Waals surface area contributed by atoms with Gasteiger partial charge < -0.3 is 25.7 Å². The van der Waals surface area contributed by atoms with Crippen LogP contribution in [0.2, 0.25) is 0 Å². The van der Waals surface area contributed by atoms with Crippen molar-refractivity contribution in [3.05, 3.63) is 52.6 Å². The van der Waals surface area contributed by atoms with Crippen molar-refractivity contribution < 1.29 is 14.2 Å². The van der Waals surface area contributed by atoms with Gasteiger partial charge in [-0.15, -0.1) is 0 Å². The van der Waals surface area contributed by atoms with Gasteiger partial charge in [0.1, 0.15) is 5.75 Å². The summed E-state index contributed by atoms with van der Waals surface area (Å²) in [6.45, 7) is 0. The highest BCUT2D eigenvalue weighted by molar-refractivity contribution is 5.49. The molecule has 0 radical (unpaired) electrons. The molecule has 0 bridgehead atoms. The van der Waals surface area contributed by atoms with E-state index in [-0.39, 0.29) is 6.04 Å². The minimum Gasteiger partial charge on any atom is -0.497 e. The van der Waals surface area contributed by atoms with Gasteiger partial charge in [0.15, 0.2) is 11.5 Å². The van der Waals surface area contributed by atoms with Crippen LogP contribution in [-0.2, 0) is 25.7 Å². The molecule has 4 rings (SSSR count). The molecule has 0 aliphatic heterocycles. The predicted molar refractivity (Wildman–Crippen MR) is 103 cm³/mol. The fourth-order valence-corrected chi connectivity index (χ4v) is 3.74. The summed E-state index contributed by atoms with van der Waals surface area (Å²) in [4.78, 5) is 0. The minimum absolute atomic E-state index is 0.252. The van der Waals surface area contributed by atoms with E-state index >= 15 is 0 Å². The van der Waals surface area contributed by atoms with E-state index in [1.807, 2.05) is 18.2 Å². The number of fused-ring (bicyclic) bond motifs is 2. The molecule has 0 aromatic heterocycles. The van der Waals surface area contributed by atoms with E-state index in [9.17, 15) is 0 Å². The topological polar surface area (TPSA) is 79.7 Å². The van der Waals surface area contributed by atoms with Crippen molar-refractivity contribution in [2.75, 3.05) is 21.3 Å². The van der Waals surface area contributed by atoms with Crippen molar-refractivity contribution >= 4 is 0 Å². The molecule has 5 nitrogen and oxygen atoms in total. The Morgan fingerprint density at radius 1 is 0.654 bits per heavy atom. The standard InChI is InChI=1S/C11H15NO2.C10H13NO/c1-13-10-5-7-3-9(12)4-8(7)6-11(10)14-2;1-12-10-3-2-7-4-9(11)5-8(7)6-10/h5-6,9H,3-4,12H2,1-2H3;2-3,6,9H,4-5,11H2,1H3. The summed E-state index contributed by atoms with van der Waals surface area (Å²) in [5.74, 6) is 2.52. The molecular weight excluding hydrogens is 328 g/mol. The smallest absolute Gasteiger partial charge is 0.161 e. The first-order valence-electron chi connectivity index (χ1n) is 8.94. The Hall–Kier alpha value is -2.24. The monoisotopic (exact) mass is 356 g/mol. The molecular formula is C21H28N2O3. The van der Waals surface area contributed by atoms with Gasteiger partial charge in [0.05, 0.1) is 21.3 Å². The first-order valence-corrected chi connectivity index (χ1v) is 8.94. The van der Waals surface area contributed by atoms with Gasteiger partial charge >= 0.3 is 0 Å². The molecule has 4 N–H and O–H groups in total. The molecule has 0 fully saturated rings. The lowest BCUT2D eigenvalue weighted by Crippen LogP contribution is -2.19. The average molecular weight is 356 g/mol. The van der Waals surface area contributed by atoms with Gasteiger partial charge in [-0.05, 0) is 72.2 Å². The third kappa shape index (κ3) is 3.94. The van der Waals surface area contributed by atoms with E-state index in [2.05, 4.69) is 12.1 Å². The lowest BCUT2D eigenvalue weighted by atomic mass is 10.1. The quantitative estimate of drug-likeness (QED) is 0.882. The second-order valence-electron chi connectivity index (χ2n) is 6.95. The number of benzene rings is 2. The van der Waals surface area contributed by atoms with Crippen LogP contribution in [0, 0.1) is 0 Å². The van der Waals surface area contributed by atoms with Crippen molar-refractivity contribution in [1.82, 2.24) is 0 Å². The zero-order valence-corrected chi connectivity index (χ0v) is 15.7. The number of ether oxygens (including phenoxy) is 3. The maximum atomic E-state index is 5.89. The van der Waals surface area contributed by atoms with Gasteiger partial charge in [-0.3, -0.25) is 0 Å². The first kappa shape index (κ1) is 18.5. The highest BCUT2D eigenvalue weighted by atomic mass is 16.5. The average Bonchev–Trinajstić information content (AvgIpc) is 3.19. The molecule has 140 valence electrons. The Labute approximate surface area is 155 Å². The van der Waals surface area contributed by atoms with Gasteiger partial charge in [0, 0.05) is 12.1 Å². The van der Waals surface area contributed by atoms with Crippen LogP contribution in [0.5, 0.6) is 17.2 Å². The highest BCUT2D eigenvalue weighted by Gasteiger charge is 2.21. The van der Waals surface area contributed by atoms with Crippen LogP contribution in [0.3, 0.4) is 0 Å². The van der Waals surface area contributed by atoms with E-state index in [1.54, 1.807) is 21.3 Å². The fraction of sp³-hybridized carbons (Fsp3) is 0.429. The summed E-state index contributed by atoms with van der Waals surface area (Å²) in [5.41, 5.74) is 17.0. The molecule has 2 aliphatic carbocycles. The minimum atomic E-state index is 0.252. The number of hydrogen-bond acceptors (Lipinski definition) is 5. The van der Waals surface area contributed by atoms with Crippen molar-refractivity contribution in [2.45, 2.75) is 37.8 Å². The van der Waals surface area contributed by atoms with Gasteiger partial charge in [0.25, 0.3) is 0 Å². The molecule has 2 aromatic rings. The first-order chi connectivity index (χ1) is 12.5. The molecule has 0 saturated heterocycles. The van der Waals surface area contributed by atoms with E-state index in [0.717, 1.165) is 42.9 Å². The molecule has 2 aliphatic rings. The van der Waals surface area contributed by atoms with Gasteiger partial charge in [-0.2, -0.15) is 0 Å². The molecule has 1 atom stereocenters. The largest absolute Gasteiger partial charge is 0.497 e. The van der Waals surface area contributed by atoms with Crippen LogP contribution in [0.1, 0.15) is 22.3 Å². The Bertz CT molecular complexity index is 743. The molecule has 0 heterocycles. The molecule has 2 aromatic carbocycles. The Morgan fingerprint density at radius 2 is 1.12 bits per heavy atom. The van der Waals surface area contributed by atoms with Crippen LogP contribution in [0.4, 0.5) is 0 Å². The SMILES string of the molecule is COc1cc2c(cc1OC)CC(N)C2.COc1ccc2c(c1)CC(N)C2. The Morgan fingerprint density at radius 3 is 1.58 bits per heavy atom. The second-order valence-corrected chi connectivity index (χ2v) is 6.95. The van der Waals surface area contributed by atoms with Crippen LogP contribution >= 0.6 is 0 Å². The van der Waals surface area contributed by atoms with Gasteiger partial charge in [0.2, 0.25) is 0 Å². The van der Waals surface area contributed by atoms with Crippen LogP contribution in [-0.4, -0.2) is 33.4 Å². The van der Waals surface area contributed by atoms with Crippen molar-refractivity contribution in [1.29, 1.82) is 0 Å². The van der Waals surface area contributed by atoms with Crippen molar-refractivity contribution in [3.8, 4) is 17.2 Å². The Balaban J connectivity index is 0.000000152. The van der Waals surface area contributed by atoms with Gasteiger partial charge in [-0.25, -0.2) is 0 Å². The van der Waals surface area contributed by atoms with E-state index in [0.29, 0.717) is 6.04 Å². The highest BCUT2D eigenvalue weighted by Crippen LogP contribution is 2.34. The summed E-state index contributed by atoms with van der Waals surface area (Å²) in [6.07, 6.45) is 3.89. The summed E-state index contributed by atoms with van der Waals surface area (Å²) in [5, 5.41) is 0. The predicted octanol–water partition coefficient (Wildman–Crippen LogP) is 2.25. The van der Waals surface area contributed by atoms with E-state index < -0.39 is 0 Å². The summed E-state index contributed by atoms with van der Waals surface area (Å²) in [7, 11) is 4.99.